The first kappa shape index (κ1) is 19.4. The fourth-order valence-electron chi connectivity index (χ4n) is 3.40. The lowest BCUT2D eigenvalue weighted by atomic mass is 10.1. The molecule has 2 heterocycles. The number of carbonyl (C=O) groups is 2. The second kappa shape index (κ2) is 8.59. The van der Waals surface area contributed by atoms with E-state index in [1.54, 1.807) is 23.1 Å². The van der Waals surface area contributed by atoms with Gasteiger partial charge in [-0.15, -0.1) is 0 Å². The predicted molar refractivity (Wildman–Crippen MR) is 106 cm³/mol. The molecule has 8 heteroatoms. The Morgan fingerprint density at radius 3 is 2.59 bits per heavy atom. The number of nitrogens with one attached hydrogen (secondary N) is 1. The summed E-state index contributed by atoms with van der Waals surface area (Å²) in [6.45, 7) is 4.36. The number of nitrogens with zero attached hydrogens (tertiary/aromatic N) is 2. The van der Waals surface area contributed by atoms with Gasteiger partial charge in [-0.3, -0.25) is 14.5 Å². The summed E-state index contributed by atoms with van der Waals surface area (Å²) in [4.78, 5) is 28.8. The van der Waals surface area contributed by atoms with E-state index in [1.165, 1.54) is 24.3 Å². The highest BCUT2D eigenvalue weighted by Crippen LogP contribution is 2.34. The smallest absolute Gasteiger partial charge is 0.265 e. The van der Waals surface area contributed by atoms with E-state index in [-0.39, 0.29) is 18.4 Å². The van der Waals surface area contributed by atoms with Gasteiger partial charge < -0.3 is 19.7 Å². The molecular formula is C21H22FN3O4. The standard InChI is InChI=1S/C21H22FN3O4/c22-16-3-1-15(2-4-16)21(27)23-17-5-6-19-18(13-17)25(20(26)14-29-19)8-7-24-9-11-28-12-10-24/h1-6,13H,7-12,14H2,(H,23,27). The average molecular weight is 399 g/mol. The molecule has 0 spiro atoms. The van der Waals surface area contributed by atoms with E-state index in [4.69, 9.17) is 9.47 Å². The third-order valence-corrected chi connectivity index (χ3v) is 5.01. The molecule has 1 fully saturated rings. The van der Waals surface area contributed by atoms with Gasteiger partial charge in [0.05, 0.1) is 18.9 Å². The number of ether oxygens (including phenoxy) is 2. The van der Waals surface area contributed by atoms with Crippen LogP contribution in [-0.4, -0.2) is 62.7 Å². The Morgan fingerprint density at radius 1 is 1.07 bits per heavy atom. The summed E-state index contributed by atoms with van der Waals surface area (Å²) in [6.07, 6.45) is 0. The SMILES string of the molecule is O=C(Nc1ccc2c(c1)N(CCN1CCOCC1)C(=O)CO2)c1ccc(F)cc1. The first-order valence-electron chi connectivity index (χ1n) is 9.54. The maximum atomic E-state index is 13.1. The lowest BCUT2D eigenvalue weighted by Gasteiger charge is -2.33. The number of hydrogen-bond donors (Lipinski definition) is 1. The number of carbonyl (C=O) groups excluding carboxylic acids is 2. The van der Waals surface area contributed by atoms with Crippen molar-refractivity contribution in [3.05, 3.63) is 53.8 Å². The van der Waals surface area contributed by atoms with Crippen LogP contribution >= 0.6 is 0 Å². The molecule has 4 rings (SSSR count). The summed E-state index contributed by atoms with van der Waals surface area (Å²) in [5.74, 6) is -0.270. The fourth-order valence-corrected chi connectivity index (χ4v) is 3.40. The van der Waals surface area contributed by atoms with Crippen LogP contribution in [0, 0.1) is 5.82 Å². The van der Waals surface area contributed by atoms with Crippen LogP contribution in [0.15, 0.2) is 42.5 Å². The average Bonchev–Trinajstić information content (AvgIpc) is 2.74. The second-order valence-corrected chi connectivity index (χ2v) is 6.93. The van der Waals surface area contributed by atoms with E-state index in [0.717, 1.165) is 19.6 Å². The van der Waals surface area contributed by atoms with Gasteiger partial charge in [-0.05, 0) is 42.5 Å². The normalized spacial score (nSPS) is 16.9. The molecule has 2 aromatic rings. The van der Waals surface area contributed by atoms with Crippen LogP contribution in [0.25, 0.3) is 0 Å². The summed E-state index contributed by atoms with van der Waals surface area (Å²) in [5, 5.41) is 2.79. The van der Waals surface area contributed by atoms with Crippen molar-refractivity contribution in [1.82, 2.24) is 4.90 Å². The number of anilines is 2. The Balaban J connectivity index is 1.49. The van der Waals surface area contributed by atoms with Crippen molar-refractivity contribution < 1.29 is 23.5 Å². The van der Waals surface area contributed by atoms with E-state index in [1.807, 2.05) is 0 Å². The van der Waals surface area contributed by atoms with Gasteiger partial charge in [-0.25, -0.2) is 4.39 Å². The Labute approximate surface area is 168 Å². The maximum absolute atomic E-state index is 13.1. The molecule has 1 N–H and O–H groups in total. The zero-order valence-electron chi connectivity index (χ0n) is 15.9. The lowest BCUT2D eigenvalue weighted by Crippen LogP contribution is -2.45. The molecular weight excluding hydrogens is 377 g/mol. The van der Waals surface area contributed by atoms with Crippen LogP contribution in [-0.2, 0) is 9.53 Å². The minimum Gasteiger partial charge on any atom is -0.482 e. The molecule has 0 unspecified atom stereocenters. The van der Waals surface area contributed by atoms with Crippen molar-refractivity contribution in [3.8, 4) is 5.75 Å². The highest BCUT2D eigenvalue weighted by atomic mass is 19.1. The Bertz CT molecular complexity index is 897. The number of benzene rings is 2. The first-order chi connectivity index (χ1) is 14.1. The molecule has 2 aliphatic rings. The molecule has 1 saturated heterocycles. The Kier molecular flexibility index (Phi) is 5.73. The van der Waals surface area contributed by atoms with Gasteiger partial charge in [0.1, 0.15) is 11.6 Å². The first-order valence-corrected chi connectivity index (χ1v) is 9.54. The quantitative estimate of drug-likeness (QED) is 0.834. The summed E-state index contributed by atoms with van der Waals surface area (Å²) in [5.41, 5.74) is 1.51. The van der Waals surface area contributed by atoms with Crippen LogP contribution in [0.2, 0.25) is 0 Å². The molecule has 0 radical (unpaired) electrons. The number of morpholine rings is 1. The zero-order valence-corrected chi connectivity index (χ0v) is 15.9. The van der Waals surface area contributed by atoms with Crippen LogP contribution < -0.4 is 15.0 Å². The number of hydrogen-bond acceptors (Lipinski definition) is 5. The maximum Gasteiger partial charge on any atom is 0.265 e. The number of amides is 2. The van der Waals surface area contributed by atoms with E-state index >= 15 is 0 Å². The summed E-state index contributed by atoms with van der Waals surface area (Å²) < 4.78 is 24.0. The van der Waals surface area contributed by atoms with Crippen molar-refractivity contribution >= 4 is 23.2 Å². The van der Waals surface area contributed by atoms with Gasteiger partial charge in [0.25, 0.3) is 11.8 Å². The molecule has 2 aliphatic heterocycles. The molecule has 152 valence electrons. The monoisotopic (exact) mass is 399 g/mol. The summed E-state index contributed by atoms with van der Waals surface area (Å²) in [6, 6.07) is 10.5. The molecule has 2 aromatic carbocycles. The lowest BCUT2D eigenvalue weighted by molar-refractivity contribution is -0.121. The third kappa shape index (κ3) is 4.55. The molecule has 2 amide bonds. The van der Waals surface area contributed by atoms with Crippen LogP contribution in [0.4, 0.5) is 15.8 Å². The van der Waals surface area contributed by atoms with Crippen molar-refractivity contribution in [2.45, 2.75) is 0 Å². The Morgan fingerprint density at radius 2 is 1.83 bits per heavy atom. The van der Waals surface area contributed by atoms with Gasteiger partial charge in [0.15, 0.2) is 6.61 Å². The van der Waals surface area contributed by atoms with E-state index < -0.39 is 5.82 Å². The van der Waals surface area contributed by atoms with Crippen molar-refractivity contribution in [1.29, 1.82) is 0 Å². The minimum absolute atomic E-state index is 0.00258. The molecule has 29 heavy (non-hydrogen) atoms. The molecule has 0 atom stereocenters. The molecule has 0 aliphatic carbocycles. The van der Waals surface area contributed by atoms with Crippen LogP contribution in [0.3, 0.4) is 0 Å². The van der Waals surface area contributed by atoms with Crippen molar-refractivity contribution in [2.24, 2.45) is 0 Å². The minimum atomic E-state index is -0.401. The number of rotatable bonds is 5. The molecule has 0 saturated carbocycles. The van der Waals surface area contributed by atoms with E-state index in [9.17, 15) is 14.0 Å². The number of halogens is 1. The van der Waals surface area contributed by atoms with Crippen molar-refractivity contribution in [3.63, 3.8) is 0 Å². The third-order valence-electron chi connectivity index (χ3n) is 5.01. The van der Waals surface area contributed by atoms with Gasteiger partial charge in [0, 0.05) is 37.4 Å². The highest BCUT2D eigenvalue weighted by Gasteiger charge is 2.26. The molecule has 0 bridgehead atoms. The Hall–Kier alpha value is -2.97. The van der Waals surface area contributed by atoms with Gasteiger partial charge >= 0.3 is 0 Å². The van der Waals surface area contributed by atoms with E-state index in [2.05, 4.69) is 10.2 Å². The van der Waals surface area contributed by atoms with Crippen LogP contribution in [0.5, 0.6) is 5.75 Å². The topological polar surface area (TPSA) is 71.1 Å². The van der Waals surface area contributed by atoms with Crippen molar-refractivity contribution in [2.75, 3.05) is 56.2 Å². The molecule has 0 aromatic heterocycles. The van der Waals surface area contributed by atoms with E-state index in [0.29, 0.717) is 42.4 Å². The summed E-state index contributed by atoms with van der Waals surface area (Å²) in [7, 11) is 0. The van der Waals surface area contributed by atoms with Gasteiger partial charge in [0.2, 0.25) is 0 Å². The summed E-state index contributed by atoms with van der Waals surface area (Å²) >= 11 is 0. The predicted octanol–water partition coefficient (Wildman–Crippen LogP) is 2.14. The number of fused-ring (bicyclic) bond motifs is 1. The fraction of sp³-hybridized carbons (Fsp3) is 0.333. The highest BCUT2D eigenvalue weighted by molar-refractivity contribution is 6.05. The van der Waals surface area contributed by atoms with Gasteiger partial charge in [-0.2, -0.15) is 0 Å². The second-order valence-electron chi connectivity index (χ2n) is 6.93. The van der Waals surface area contributed by atoms with Crippen LogP contribution in [0.1, 0.15) is 10.4 Å². The molecule has 7 nitrogen and oxygen atoms in total. The van der Waals surface area contributed by atoms with Gasteiger partial charge in [-0.1, -0.05) is 0 Å². The largest absolute Gasteiger partial charge is 0.482 e. The zero-order chi connectivity index (χ0) is 20.2.